The molecule has 6 nitrogen and oxygen atoms in total. The average molecular weight is 404 g/mol. The lowest BCUT2D eigenvalue weighted by atomic mass is 10.1. The molecule has 8 heteroatoms. The molecule has 0 fully saturated rings. The molecule has 0 saturated heterocycles. The number of amides is 1. The first-order chi connectivity index (χ1) is 14.0. The summed E-state index contributed by atoms with van der Waals surface area (Å²) in [4.78, 5) is 12.3. The molecule has 0 unspecified atom stereocenters. The van der Waals surface area contributed by atoms with E-state index in [9.17, 15) is 13.6 Å². The second kappa shape index (κ2) is 9.27. The lowest BCUT2D eigenvalue weighted by Gasteiger charge is -2.12. The molecule has 0 saturated carbocycles. The van der Waals surface area contributed by atoms with Crippen LogP contribution < -0.4 is 19.5 Å². The first-order valence-electron chi connectivity index (χ1n) is 9.01. The molecule has 0 aliphatic rings. The second-order valence-corrected chi connectivity index (χ2v) is 6.33. The Hall–Kier alpha value is -3.29. The Balaban J connectivity index is 1.56. The molecule has 0 radical (unpaired) electrons. The summed E-state index contributed by atoms with van der Waals surface area (Å²) in [7, 11) is 2.99. The SMILES string of the molecule is COc1ccc2c(ccn2CC(=O)NCCc2ccc(OC)c(OC(F)F)c2)c1. The Morgan fingerprint density at radius 2 is 1.90 bits per heavy atom. The van der Waals surface area contributed by atoms with Crippen LogP contribution in [0.2, 0.25) is 0 Å². The third kappa shape index (κ3) is 5.16. The molecule has 0 atom stereocenters. The zero-order valence-corrected chi connectivity index (χ0v) is 16.2. The smallest absolute Gasteiger partial charge is 0.387 e. The van der Waals surface area contributed by atoms with Gasteiger partial charge in [0.25, 0.3) is 0 Å². The van der Waals surface area contributed by atoms with Crippen LogP contribution in [0.3, 0.4) is 0 Å². The number of carbonyl (C=O) groups excluding carboxylic acids is 1. The van der Waals surface area contributed by atoms with Crippen LogP contribution in [0.15, 0.2) is 48.7 Å². The molecule has 0 bridgehead atoms. The van der Waals surface area contributed by atoms with Crippen molar-refractivity contribution in [2.75, 3.05) is 20.8 Å². The number of carbonyl (C=O) groups is 1. The molecule has 1 amide bonds. The fourth-order valence-corrected chi connectivity index (χ4v) is 3.06. The van der Waals surface area contributed by atoms with E-state index in [1.165, 1.54) is 13.2 Å². The molecule has 29 heavy (non-hydrogen) atoms. The van der Waals surface area contributed by atoms with Gasteiger partial charge in [0.15, 0.2) is 11.5 Å². The van der Waals surface area contributed by atoms with Crippen LogP contribution in [-0.2, 0) is 17.8 Å². The number of halogens is 2. The summed E-state index contributed by atoms with van der Waals surface area (Å²) in [5, 5.41) is 3.83. The van der Waals surface area contributed by atoms with Crippen LogP contribution >= 0.6 is 0 Å². The molecule has 0 aliphatic heterocycles. The van der Waals surface area contributed by atoms with E-state index in [2.05, 4.69) is 10.1 Å². The number of nitrogens with zero attached hydrogens (tertiary/aromatic N) is 1. The lowest BCUT2D eigenvalue weighted by Crippen LogP contribution is -2.29. The highest BCUT2D eigenvalue weighted by atomic mass is 19.3. The van der Waals surface area contributed by atoms with E-state index in [4.69, 9.17) is 9.47 Å². The third-order valence-electron chi connectivity index (χ3n) is 4.47. The van der Waals surface area contributed by atoms with Gasteiger partial charge in [-0.15, -0.1) is 0 Å². The molecule has 3 rings (SSSR count). The molecular formula is C21H22F2N2O4. The molecule has 2 aromatic carbocycles. The third-order valence-corrected chi connectivity index (χ3v) is 4.47. The predicted octanol–water partition coefficient (Wildman–Crippen LogP) is 3.62. The average Bonchev–Trinajstić information content (AvgIpc) is 3.09. The van der Waals surface area contributed by atoms with Crippen molar-refractivity contribution in [3.8, 4) is 17.2 Å². The van der Waals surface area contributed by atoms with E-state index >= 15 is 0 Å². The number of aromatic nitrogens is 1. The maximum atomic E-state index is 12.5. The quantitative estimate of drug-likeness (QED) is 0.592. The van der Waals surface area contributed by atoms with Gasteiger partial charge < -0.3 is 24.1 Å². The highest BCUT2D eigenvalue weighted by Gasteiger charge is 2.12. The monoisotopic (exact) mass is 404 g/mol. The fraction of sp³-hybridized carbons (Fsp3) is 0.286. The summed E-state index contributed by atoms with van der Waals surface area (Å²) in [6, 6.07) is 12.4. The first kappa shape index (κ1) is 20.4. The summed E-state index contributed by atoms with van der Waals surface area (Å²) >= 11 is 0. The van der Waals surface area contributed by atoms with E-state index in [0.29, 0.717) is 13.0 Å². The van der Waals surface area contributed by atoms with Crippen LogP contribution in [0.5, 0.6) is 17.2 Å². The van der Waals surface area contributed by atoms with Gasteiger partial charge in [0.05, 0.1) is 14.2 Å². The summed E-state index contributed by atoms with van der Waals surface area (Å²) in [6.07, 6.45) is 2.32. The molecule has 1 aromatic heterocycles. The van der Waals surface area contributed by atoms with Crippen molar-refractivity contribution in [2.45, 2.75) is 19.6 Å². The topological polar surface area (TPSA) is 61.7 Å². The van der Waals surface area contributed by atoms with Gasteiger partial charge in [-0.2, -0.15) is 8.78 Å². The highest BCUT2D eigenvalue weighted by Crippen LogP contribution is 2.29. The summed E-state index contributed by atoms with van der Waals surface area (Å²) in [5.74, 6) is 0.819. The Bertz CT molecular complexity index is 988. The number of alkyl halides is 2. The van der Waals surface area contributed by atoms with Gasteiger partial charge in [-0.05, 0) is 48.4 Å². The maximum Gasteiger partial charge on any atom is 0.387 e. The normalized spacial score (nSPS) is 10.9. The van der Waals surface area contributed by atoms with Crippen molar-refractivity contribution < 1.29 is 27.8 Å². The number of rotatable bonds is 9. The van der Waals surface area contributed by atoms with Gasteiger partial charge in [-0.3, -0.25) is 4.79 Å². The van der Waals surface area contributed by atoms with Crippen molar-refractivity contribution in [1.29, 1.82) is 0 Å². The number of methoxy groups -OCH3 is 2. The maximum absolute atomic E-state index is 12.5. The van der Waals surface area contributed by atoms with Crippen LogP contribution in [0.4, 0.5) is 8.78 Å². The number of benzene rings is 2. The second-order valence-electron chi connectivity index (χ2n) is 6.33. The van der Waals surface area contributed by atoms with Crippen molar-refractivity contribution in [2.24, 2.45) is 0 Å². The van der Waals surface area contributed by atoms with Gasteiger partial charge in [-0.1, -0.05) is 6.07 Å². The summed E-state index contributed by atoms with van der Waals surface area (Å²) < 4.78 is 41.6. The minimum atomic E-state index is -2.93. The number of fused-ring (bicyclic) bond motifs is 1. The zero-order chi connectivity index (χ0) is 20.8. The number of hydrogen-bond acceptors (Lipinski definition) is 4. The molecule has 1 N–H and O–H groups in total. The minimum absolute atomic E-state index is 0.0273. The Morgan fingerprint density at radius 3 is 2.62 bits per heavy atom. The lowest BCUT2D eigenvalue weighted by molar-refractivity contribution is -0.121. The fourth-order valence-electron chi connectivity index (χ4n) is 3.06. The molecule has 0 spiro atoms. The molecule has 154 valence electrons. The largest absolute Gasteiger partial charge is 0.497 e. The van der Waals surface area contributed by atoms with Gasteiger partial charge in [0.1, 0.15) is 12.3 Å². The van der Waals surface area contributed by atoms with Crippen molar-refractivity contribution in [3.05, 3.63) is 54.2 Å². The van der Waals surface area contributed by atoms with Crippen molar-refractivity contribution in [1.82, 2.24) is 9.88 Å². The summed E-state index contributed by atoms with van der Waals surface area (Å²) in [6.45, 7) is -2.39. The van der Waals surface area contributed by atoms with E-state index < -0.39 is 6.61 Å². The highest BCUT2D eigenvalue weighted by molar-refractivity contribution is 5.84. The van der Waals surface area contributed by atoms with Gasteiger partial charge in [0.2, 0.25) is 5.91 Å². The number of hydrogen-bond donors (Lipinski definition) is 1. The van der Waals surface area contributed by atoms with Gasteiger partial charge in [-0.25, -0.2) is 0 Å². The Kier molecular flexibility index (Phi) is 6.54. The predicted molar refractivity (Wildman–Crippen MR) is 105 cm³/mol. The Labute approximate surface area is 167 Å². The first-order valence-corrected chi connectivity index (χ1v) is 9.01. The Morgan fingerprint density at radius 1 is 1.07 bits per heavy atom. The van der Waals surface area contributed by atoms with Crippen LogP contribution in [-0.4, -0.2) is 37.9 Å². The molecular weight excluding hydrogens is 382 g/mol. The molecule has 1 heterocycles. The molecule has 0 aliphatic carbocycles. The molecule has 3 aromatic rings. The minimum Gasteiger partial charge on any atom is -0.497 e. The van der Waals surface area contributed by atoms with E-state index in [1.54, 1.807) is 19.2 Å². The van der Waals surface area contributed by atoms with E-state index in [-0.39, 0.29) is 24.0 Å². The van der Waals surface area contributed by atoms with Crippen LogP contribution in [0.1, 0.15) is 5.56 Å². The van der Waals surface area contributed by atoms with Crippen LogP contribution in [0, 0.1) is 0 Å². The number of nitrogens with one attached hydrogen (secondary N) is 1. The zero-order valence-electron chi connectivity index (χ0n) is 16.2. The van der Waals surface area contributed by atoms with Crippen LogP contribution in [0.25, 0.3) is 10.9 Å². The van der Waals surface area contributed by atoms with E-state index in [1.807, 2.05) is 35.0 Å². The van der Waals surface area contributed by atoms with Gasteiger partial charge >= 0.3 is 6.61 Å². The van der Waals surface area contributed by atoms with Crippen molar-refractivity contribution in [3.63, 3.8) is 0 Å². The standard InChI is InChI=1S/C21H22F2N2O4/c1-27-16-4-5-17-15(12-16)8-10-25(17)13-20(26)24-9-7-14-3-6-18(28-2)19(11-14)29-21(22)23/h3-6,8,10-12,21H,7,9,13H2,1-2H3,(H,24,26). The summed E-state index contributed by atoms with van der Waals surface area (Å²) in [5.41, 5.74) is 1.69. The number of ether oxygens (including phenoxy) is 3. The van der Waals surface area contributed by atoms with E-state index in [0.717, 1.165) is 22.2 Å². The van der Waals surface area contributed by atoms with Gasteiger partial charge in [0, 0.05) is 23.6 Å². The van der Waals surface area contributed by atoms with Crippen molar-refractivity contribution >= 4 is 16.8 Å².